The Morgan fingerprint density at radius 3 is 2.67 bits per heavy atom. The predicted octanol–water partition coefficient (Wildman–Crippen LogP) is 3.18. The number of aliphatic hydroxyl groups is 1. The summed E-state index contributed by atoms with van der Waals surface area (Å²) in [6.45, 7) is 1.57. The Hall–Kier alpha value is -2.67. The van der Waals surface area contributed by atoms with Gasteiger partial charge in [0.25, 0.3) is 0 Å². The van der Waals surface area contributed by atoms with Crippen molar-refractivity contribution in [1.82, 2.24) is 15.0 Å². The van der Waals surface area contributed by atoms with E-state index in [9.17, 15) is 9.50 Å². The molecule has 1 aliphatic rings. The minimum absolute atomic E-state index is 0.0631. The maximum Gasteiger partial charge on any atom is 0.225 e. The maximum atomic E-state index is 12.3. The van der Waals surface area contributed by atoms with Gasteiger partial charge in [0.05, 0.1) is 0 Å². The number of benzene rings is 1. The number of nitrogens with zero attached hydrogens (tertiary/aromatic N) is 3. The van der Waals surface area contributed by atoms with Gasteiger partial charge < -0.3 is 19.7 Å². The van der Waals surface area contributed by atoms with Crippen molar-refractivity contribution >= 4 is 16.9 Å². The summed E-state index contributed by atoms with van der Waals surface area (Å²) in [6, 6.07) is 7.66. The summed E-state index contributed by atoms with van der Waals surface area (Å²) >= 11 is 0. The highest BCUT2D eigenvalue weighted by Crippen LogP contribution is 2.27. The number of fused-ring (bicyclic) bond motifs is 1. The van der Waals surface area contributed by atoms with Gasteiger partial charge in [-0.15, -0.1) is 0 Å². The number of nitrogens with one attached hydrogen (secondary N) is 1. The molecule has 0 radical (unpaired) electrons. The Morgan fingerprint density at radius 1 is 1.19 bits per heavy atom. The van der Waals surface area contributed by atoms with Crippen LogP contribution >= 0.6 is 0 Å². The molecule has 0 aliphatic carbocycles. The van der Waals surface area contributed by atoms with Gasteiger partial charge in [0.2, 0.25) is 5.95 Å². The molecule has 142 valence electrons. The van der Waals surface area contributed by atoms with Gasteiger partial charge in [0, 0.05) is 54.3 Å². The van der Waals surface area contributed by atoms with E-state index in [-0.39, 0.29) is 13.2 Å². The van der Waals surface area contributed by atoms with Crippen LogP contribution in [0.3, 0.4) is 0 Å². The molecular formula is C20H23FN4O2. The molecule has 4 rings (SSSR count). The van der Waals surface area contributed by atoms with E-state index in [1.807, 2.05) is 36.7 Å². The van der Waals surface area contributed by atoms with Crippen LogP contribution in [0.2, 0.25) is 0 Å². The largest absolute Gasteiger partial charge is 0.491 e. The van der Waals surface area contributed by atoms with Crippen molar-refractivity contribution in [2.75, 3.05) is 37.9 Å². The number of aliphatic hydroxyl groups excluding tert-OH is 1. The first kappa shape index (κ1) is 17.7. The lowest BCUT2D eigenvalue weighted by molar-refractivity contribution is 0.202. The second-order valence-electron chi connectivity index (χ2n) is 6.85. The average Bonchev–Trinajstić information content (AvgIpc) is 3.16. The number of alkyl halides is 1. The molecule has 2 N–H and O–H groups in total. The predicted molar refractivity (Wildman–Crippen MR) is 103 cm³/mol. The van der Waals surface area contributed by atoms with Gasteiger partial charge in [-0.25, -0.2) is 14.4 Å². The van der Waals surface area contributed by atoms with E-state index in [2.05, 4.69) is 19.9 Å². The summed E-state index contributed by atoms with van der Waals surface area (Å²) in [7, 11) is 0. The number of rotatable bonds is 6. The van der Waals surface area contributed by atoms with Crippen LogP contribution in [0.1, 0.15) is 12.8 Å². The zero-order valence-corrected chi connectivity index (χ0v) is 15.1. The van der Waals surface area contributed by atoms with Crippen LogP contribution in [0, 0.1) is 5.92 Å². The molecule has 2 aromatic heterocycles. The summed E-state index contributed by atoms with van der Waals surface area (Å²) in [5, 5.41) is 10.2. The van der Waals surface area contributed by atoms with Gasteiger partial charge >= 0.3 is 0 Å². The van der Waals surface area contributed by atoms with E-state index in [0.717, 1.165) is 54.0 Å². The quantitative estimate of drug-likeness (QED) is 0.697. The normalized spacial score (nSPS) is 15.4. The lowest BCUT2D eigenvalue weighted by atomic mass is 9.98. The zero-order valence-electron chi connectivity index (χ0n) is 15.1. The molecule has 27 heavy (non-hydrogen) atoms. The van der Waals surface area contributed by atoms with Crippen molar-refractivity contribution in [2.24, 2.45) is 5.92 Å². The number of hydrogen-bond donors (Lipinski definition) is 2. The van der Waals surface area contributed by atoms with E-state index < -0.39 is 6.67 Å². The number of hydrogen-bond acceptors (Lipinski definition) is 5. The van der Waals surface area contributed by atoms with E-state index in [1.54, 1.807) is 0 Å². The molecule has 1 aliphatic heterocycles. The van der Waals surface area contributed by atoms with Crippen molar-refractivity contribution < 1.29 is 14.2 Å². The van der Waals surface area contributed by atoms with E-state index in [0.29, 0.717) is 11.7 Å². The molecule has 0 amide bonds. The van der Waals surface area contributed by atoms with Crippen molar-refractivity contribution in [1.29, 1.82) is 0 Å². The fraction of sp³-hybridized carbons (Fsp3) is 0.400. The SMILES string of the molecule is OCC1CCN(c2ncc(-c3cc4cc(OCCF)ccc4[nH]3)cn2)CC1. The molecule has 6 nitrogen and oxygen atoms in total. The van der Waals surface area contributed by atoms with Gasteiger partial charge in [-0.1, -0.05) is 0 Å². The number of ether oxygens (including phenoxy) is 1. The molecule has 3 heterocycles. The number of anilines is 1. The lowest BCUT2D eigenvalue weighted by Gasteiger charge is -2.30. The molecule has 0 bridgehead atoms. The van der Waals surface area contributed by atoms with Gasteiger partial charge in [-0.3, -0.25) is 0 Å². The topological polar surface area (TPSA) is 74.3 Å². The van der Waals surface area contributed by atoms with Gasteiger partial charge in [0.15, 0.2) is 0 Å². The van der Waals surface area contributed by atoms with Crippen LogP contribution in [0.5, 0.6) is 5.75 Å². The Labute approximate surface area is 157 Å². The summed E-state index contributed by atoms with van der Waals surface area (Å²) in [5.41, 5.74) is 2.82. The minimum Gasteiger partial charge on any atom is -0.491 e. The third-order valence-electron chi connectivity index (χ3n) is 5.04. The van der Waals surface area contributed by atoms with Crippen LogP contribution in [0.4, 0.5) is 10.3 Å². The standard InChI is InChI=1S/C20H23FN4O2/c21-5-8-27-17-1-2-18-15(9-17)10-19(24-18)16-11-22-20(23-12-16)25-6-3-14(13-26)4-7-25/h1-2,9-12,14,24,26H,3-8,13H2. The molecule has 1 aromatic carbocycles. The smallest absolute Gasteiger partial charge is 0.225 e. The molecule has 0 atom stereocenters. The molecular weight excluding hydrogens is 347 g/mol. The van der Waals surface area contributed by atoms with Crippen molar-refractivity contribution in [3.05, 3.63) is 36.7 Å². The maximum absolute atomic E-state index is 12.3. The highest BCUT2D eigenvalue weighted by molar-refractivity contribution is 5.86. The Morgan fingerprint density at radius 2 is 1.96 bits per heavy atom. The first-order valence-electron chi connectivity index (χ1n) is 9.26. The Balaban J connectivity index is 1.50. The number of halogens is 1. The second kappa shape index (κ2) is 7.92. The van der Waals surface area contributed by atoms with Gasteiger partial charge in [-0.2, -0.15) is 0 Å². The van der Waals surface area contributed by atoms with Crippen LogP contribution in [-0.4, -0.2) is 53.0 Å². The highest BCUT2D eigenvalue weighted by atomic mass is 19.1. The first-order chi connectivity index (χ1) is 13.3. The minimum atomic E-state index is -0.502. The van der Waals surface area contributed by atoms with Crippen LogP contribution in [0.15, 0.2) is 36.7 Å². The number of aromatic amines is 1. The molecule has 0 saturated carbocycles. The van der Waals surface area contributed by atoms with Crippen molar-refractivity contribution in [2.45, 2.75) is 12.8 Å². The number of H-pyrrole nitrogens is 1. The first-order valence-corrected chi connectivity index (χ1v) is 9.26. The van der Waals surface area contributed by atoms with E-state index in [4.69, 9.17) is 4.74 Å². The fourth-order valence-corrected chi connectivity index (χ4v) is 3.45. The van der Waals surface area contributed by atoms with E-state index in [1.165, 1.54) is 0 Å². The summed E-state index contributed by atoms with van der Waals surface area (Å²) in [5.74, 6) is 1.78. The van der Waals surface area contributed by atoms with Crippen LogP contribution < -0.4 is 9.64 Å². The number of piperidine rings is 1. The number of aromatic nitrogens is 3. The second-order valence-corrected chi connectivity index (χ2v) is 6.85. The third-order valence-corrected chi connectivity index (χ3v) is 5.04. The zero-order chi connectivity index (χ0) is 18.6. The lowest BCUT2D eigenvalue weighted by Crippen LogP contribution is -2.35. The average molecular weight is 370 g/mol. The summed E-state index contributed by atoms with van der Waals surface area (Å²) < 4.78 is 17.6. The fourth-order valence-electron chi connectivity index (χ4n) is 3.45. The summed E-state index contributed by atoms with van der Waals surface area (Å²) in [6.07, 6.45) is 5.59. The molecule has 7 heteroatoms. The molecule has 0 unspecified atom stereocenters. The molecule has 3 aromatic rings. The van der Waals surface area contributed by atoms with E-state index >= 15 is 0 Å². The van der Waals surface area contributed by atoms with Crippen LogP contribution in [-0.2, 0) is 0 Å². The molecule has 0 spiro atoms. The van der Waals surface area contributed by atoms with Crippen molar-refractivity contribution in [3.8, 4) is 17.0 Å². The molecule has 1 saturated heterocycles. The third kappa shape index (κ3) is 3.88. The Bertz CT molecular complexity index is 889. The van der Waals surface area contributed by atoms with Gasteiger partial charge in [0.1, 0.15) is 19.0 Å². The van der Waals surface area contributed by atoms with Gasteiger partial charge in [-0.05, 0) is 43.0 Å². The van der Waals surface area contributed by atoms with Crippen LogP contribution in [0.25, 0.3) is 22.2 Å². The van der Waals surface area contributed by atoms with Crippen molar-refractivity contribution in [3.63, 3.8) is 0 Å². The Kier molecular flexibility index (Phi) is 5.20. The summed E-state index contributed by atoms with van der Waals surface area (Å²) in [4.78, 5) is 14.6. The monoisotopic (exact) mass is 370 g/mol. The highest BCUT2D eigenvalue weighted by Gasteiger charge is 2.20. The molecule has 1 fully saturated rings.